The maximum atomic E-state index is 12.2. The van der Waals surface area contributed by atoms with E-state index >= 15 is 0 Å². The van der Waals surface area contributed by atoms with E-state index in [-0.39, 0.29) is 5.91 Å². The number of amides is 1. The Morgan fingerprint density at radius 3 is 2.24 bits per heavy atom. The van der Waals surface area contributed by atoms with E-state index in [9.17, 15) is 4.79 Å². The average Bonchev–Trinajstić information content (AvgIpc) is 2.62. The molecular weight excluding hydrogens is 310 g/mol. The number of benzene rings is 2. The Morgan fingerprint density at radius 2 is 1.60 bits per heavy atom. The fourth-order valence-corrected chi connectivity index (χ4v) is 2.75. The second kappa shape index (κ2) is 7.71. The lowest BCUT2D eigenvalue weighted by atomic mass is 10.1. The summed E-state index contributed by atoms with van der Waals surface area (Å²) in [4.78, 5) is 21.0. The highest BCUT2D eigenvalue weighted by molar-refractivity contribution is 5.94. The Bertz CT molecular complexity index is 838. The van der Waals surface area contributed by atoms with Crippen LogP contribution in [0.5, 0.6) is 0 Å². The number of carbonyl (C=O) groups excluding carboxylic acids is 1. The number of aryl methyl sites for hydroxylation is 2. The van der Waals surface area contributed by atoms with Crippen molar-refractivity contribution in [2.24, 2.45) is 0 Å². The number of aromatic nitrogens is 2. The lowest BCUT2D eigenvalue weighted by Gasteiger charge is -2.07. The smallest absolute Gasteiger partial charge is 0.251 e. The van der Waals surface area contributed by atoms with E-state index in [1.54, 1.807) is 0 Å². The second-order valence-electron chi connectivity index (χ2n) is 6.16. The van der Waals surface area contributed by atoms with Gasteiger partial charge in [-0.15, -0.1) is 0 Å². The minimum atomic E-state index is -0.0476. The van der Waals surface area contributed by atoms with Gasteiger partial charge in [0.1, 0.15) is 0 Å². The highest BCUT2D eigenvalue weighted by Gasteiger charge is 2.06. The van der Waals surface area contributed by atoms with Gasteiger partial charge >= 0.3 is 0 Å². The number of hydrogen-bond donors (Lipinski definition) is 1. The van der Waals surface area contributed by atoms with E-state index in [1.165, 1.54) is 0 Å². The molecule has 3 rings (SSSR count). The molecule has 4 nitrogen and oxygen atoms in total. The topological polar surface area (TPSA) is 54.9 Å². The Balaban J connectivity index is 1.56. The fraction of sp³-hybridized carbons (Fsp3) is 0.190. The van der Waals surface area contributed by atoms with Gasteiger partial charge in [-0.25, -0.2) is 9.97 Å². The van der Waals surface area contributed by atoms with E-state index in [0.717, 1.165) is 22.3 Å². The van der Waals surface area contributed by atoms with Crippen LogP contribution in [0, 0.1) is 13.8 Å². The van der Waals surface area contributed by atoms with Crippen LogP contribution < -0.4 is 5.32 Å². The Morgan fingerprint density at radius 1 is 0.960 bits per heavy atom. The van der Waals surface area contributed by atoms with Crippen molar-refractivity contribution in [3.05, 3.63) is 83.2 Å². The number of nitrogens with one attached hydrogen (secondary N) is 1. The van der Waals surface area contributed by atoms with Gasteiger partial charge in [-0.05, 0) is 38.0 Å². The zero-order chi connectivity index (χ0) is 17.6. The molecule has 1 amide bonds. The van der Waals surface area contributed by atoms with Gasteiger partial charge < -0.3 is 5.32 Å². The summed E-state index contributed by atoms with van der Waals surface area (Å²) in [6, 6.07) is 15.7. The van der Waals surface area contributed by atoms with Crippen LogP contribution in [-0.2, 0) is 6.42 Å². The molecule has 0 unspecified atom stereocenters. The SMILES string of the molecule is Cc1cc(C)cc(C(=O)NCCc2cnc(-c3ccccc3)nc2)c1. The predicted octanol–water partition coefficient (Wildman–Crippen LogP) is 3.73. The van der Waals surface area contributed by atoms with Crippen LogP contribution in [0.1, 0.15) is 27.0 Å². The molecule has 1 aromatic heterocycles. The normalized spacial score (nSPS) is 10.5. The van der Waals surface area contributed by atoms with Gasteiger partial charge in [-0.3, -0.25) is 4.79 Å². The van der Waals surface area contributed by atoms with Crippen molar-refractivity contribution in [3.8, 4) is 11.4 Å². The van der Waals surface area contributed by atoms with Gasteiger partial charge in [0, 0.05) is 30.1 Å². The monoisotopic (exact) mass is 331 g/mol. The van der Waals surface area contributed by atoms with Gasteiger partial charge in [0.15, 0.2) is 5.82 Å². The minimum absolute atomic E-state index is 0.0476. The molecule has 0 atom stereocenters. The third kappa shape index (κ3) is 4.51. The van der Waals surface area contributed by atoms with Gasteiger partial charge in [0.05, 0.1) is 0 Å². The van der Waals surface area contributed by atoms with Crippen molar-refractivity contribution in [2.75, 3.05) is 6.54 Å². The molecule has 0 saturated heterocycles. The first kappa shape index (κ1) is 16.8. The van der Waals surface area contributed by atoms with E-state index in [2.05, 4.69) is 21.4 Å². The number of hydrogen-bond acceptors (Lipinski definition) is 3. The third-order valence-electron chi connectivity index (χ3n) is 3.92. The van der Waals surface area contributed by atoms with Gasteiger partial charge in [-0.2, -0.15) is 0 Å². The summed E-state index contributed by atoms with van der Waals surface area (Å²) in [6.45, 7) is 4.55. The summed E-state index contributed by atoms with van der Waals surface area (Å²) in [7, 11) is 0. The lowest BCUT2D eigenvalue weighted by Crippen LogP contribution is -2.25. The molecule has 0 fully saturated rings. The molecule has 0 aliphatic heterocycles. The largest absolute Gasteiger partial charge is 0.352 e. The summed E-state index contributed by atoms with van der Waals surface area (Å²) in [5.74, 6) is 0.664. The van der Waals surface area contributed by atoms with Crippen LogP contribution in [0.25, 0.3) is 11.4 Å². The van der Waals surface area contributed by atoms with Crippen molar-refractivity contribution >= 4 is 5.91 Å². The van der Waals surface area contributed by atoms with Crippen molar-refractivity contribution in [3.63, 3.8) is 0 Å². The van der Waals surface area contributed by atoms with Crippen LogP contribution >= 0.6 is 0 Å². The first-order valence-electron chi connectivity index (χ1n) is 8.34. The Kier molecular flexibility index (Phi) is 5.19. The molecule has 1 heterocycles. The average molecular weight is 331 g/mol. The second-order valence-corrected chi connectivity index (χ2v) is 6.16. The van der Waals surface area contributed by atoms with Gasteiger partial charge in [-0.1, -0.05) is 47.5 Å². The fourth-order valence-electron chi connectivity index (χ4n) is 2.75. The summed E-state index contributed by atoms with van der Waals surface area (Å²) in [5, 5.41) is 2.95. The zero-order valence-electron chi connectivity index (χ0n) is 14.5. The summed E-state index contributed by atoms with van der Waals surface area (Å²) in [5.41, 5.74) is 4.89. The van der Waals surface area contributed by atoms with Crippen molar-refractivity contribution in [1.82, 2.24) is 15.3 Å². The Labute approximate surface area is 148 Å². The van der Waals surface area contributed by atoms with Crippen LogP contribution in [0.15, 0.2) is 60.9 Å². The van der Waals surface area contributed by atoms with E-state index < -0.39 is 0 Å². The zero-order valence-corrected chi connectivity index (χ0v) is 14.5. The van der Waals surface area contributed by atoms with Crippen molar-refractivity contribution in [2.45, 2.75) is 20.3 Å². The maximum absolute atomic E-state index is 12.2. The molecule has 25 heavy (non-hydrogen) atoms. The molecule has 0 spiro atoms. The quantitative estimate of drug-likeness (QED) is 0.775. The highest BCUT2D eigenvalue weighted by atomic mass is 16.1. The molecule has 0 aliphatic carbocycles. The summed E-state index contributed by atoms with van der Waals surface area (Å²) >= 11 is 0. The maximum Gasteiger partial charge on any atom is 0.251 e. The summed E-state index contributed by atoms with van der Waals surface area (Å²) < 4.78 is 0. The molecule has 0 aliphatic rings. The lowest BCUT2D eigenvalue weighted by molar-refractivity contribution is 0.0954. The first-order chi connectivity index (χ1) is 12.1. The van der Waals surface area contributed by atoms with Crippen LogP contribution in [0.3, 0.4) is 0 Å². The highest BCUT2D eigenvalue weighted by Crippen LogP contribution is 2.13. The number of nitrogens with zero attached hydrogens (tertiary/aromatic N) is 2. The number of carbonyl (C=O) groups is 1. The molecular formula is C21H21N3O. The van der Waals surface area contributed by atoms with E-state index in [4.69, 9.17) is 0 Å². The third-order valence-corrected chi connectivity index (χ3v) is 3.92. The van der Waals surface area contributed by atoms with Crippen molar-refractivity contribution < 1.29 is 4.79 Å². The van der Waals surface area contributed by atoms with Gasteiger partial charge in [0.25, 0.3) is 5.91 Å². The predicted molar refractivity (Wildman–Crippen MR) is 99.4 cm³/mol. The molecule has 126 valence electrons. The standard InChI is InChI=1S/C21H21N3O/c1-15-10-16(2)12-19(11-15)21(25)22-9-8-17-13-23-20(24-14-17)18-6-4-3-5-7-18/h3-7,10-14H,8-9H2,1-2H3,(H,22,25). The van der Waals surface area contributed by atoms with Gasteiger partial charge in [0.2, 0.25) is 0 Å². The molecule has 0 saturated carbocycles. The Hall–Kier alpha value is -3.01. The first-order valence-corrected chi connectivity index (χ1v) is 8.34. The van der Waals surface area contributed by atoms with E-state index in [0.29, 0.717) is 24.4 Å². The molecule has 2 aromatic carbocycles. The molecule has 4 heteroatoms. The molecule has 1 N–H and O–H groups in total. The van der Waals surface area contributed by atoms with Crippen LogP contribution in [0.2, 0.25) is 0 Å². The minimum Gasteiger partial charge on any atom is -0.352 e. The number of rotatable bonds is 5. The van der Waals surface area contributed by atoms with Crippen LogP contribution in [-0.4, -0.2) is 22.4 Å². The van der Waals surface area contributed by atoms with Crippen LogP contribution in [0.4, 0.5) is 0 Å². The molecule has 3 aromatic rings. The summed E-state index contributed by atoms with van der Waals surface area (Å²) in [6.07, 6.45) is 4.34. The molecule has 0 radical (unpaired) electrons. The van der Waals surface area contributed by atoms with Crippen molar-refractivity contribution in [1.29, 1.82) is 0 Å². The van der Waals surface area contributed by atoms with E-state index in [1.807, 2.05) is 68.7 Å². The molecule has 0 bridgehead atoms.